The van der Waals surface area contributed by atoms with Gasteiger partial charge in [-0.2, -0.15) is 0 Å². The van der Waals surface area contributed by atoms with Gasteiger partial charge in [-0.25, -0.2) is 13.6 Å². The fraction of sp³-hybridized carbons (Fsp3) is 0.257. The lowest BCUT2D eigenvalue weighted by Gasteiger charge is -2.36. The van der Waals surface area contributed by atoms with Crippen molar-refractivity contribution in [3.8, 4) is 0 Å². The van der Waals surface area contributed by atoms with Crippen LogP contribution in [0.5, 0.6) is 0 Å². The molecule has 1 unspecified atom stereocenters. The number of nitrogens with zero attached hydrogens (tertiary/aromatic N) is 4. The molecule has 1 atom stereocenters. The van der Waals surface area contributed by atoms with Gasteiger partial charge in [-0.1, -0.05) is 36.4 Å². The van der Waals surface area contributed by atoms with E-state index in [1.165, 1.54) is 11.0 Å². The molecule has 2 fully saturated rings. The number of anilines is 2. The highest BCUT2D eigenvalue weighted by molar-refractivity contribution is 6.27. The molecule has 1 N–H and O–H groups in total. The Labute approximate surface area is 258 Å². The van der Waals surface area contributed by atoms with Crippen LogP contribution in [0.2, 0.25) is 0 Å². The van der Waals surface area contributed by atoms with Crippen molar-refractivity contribution >= 4 is 45.6 Å². The summed E-state index contributed by atoms with van der Waals surface area (Å²) in [7, 11) is 0. The third-order valence-electron chi connectivity index (χ3n) is 9.02. The second-order valence-electron chi connectivity index (χ2n) is 11.7. The molecule has 0 aliphatic carbocycles. The Bertz CT molecular complexity index is 1930. The van der Waals surface area contributed by atoms with Gasteiger partial charge >= 0.3 is 0 Å². The second kappa shape index (κ2) is 11.4. The molecule has 4 aromatic carbocycles. The summed E-state index contributed by atoms with van der Waals surface area (Å²) < 4.78 is 30.0. The highest BCUT2D eigenvalue weighted by Gasteiger charge is 2.40. The molecule has 0 saturated carbocycles. The van der Waals surface area contributed by atoms with E-state index in [0.29, 0.717) is 61.6 Å². The zero-order chi connectivity index (χ0) is 31.2. The largest absolute Gasteiger partial charge is 0.367 e. The van der Waals surface area contributed by atoms with E-state index in [2.05, 4.69) is 15.1 Å². The van der Waals surface area contributed by atoms with Crippen molar-refractivity contribution in [3.63, 3.8) is 0 Å². The first-order valence-corrected chi connectivity index (χ1v) is 14.9. The Morgan fingerprint density at radius 1 is 0.867 bits per heavy atom. The Hall–Kier alpha value is -5.14. The van der Waals surface area contributed by atoms with Crippen LogP contribution >= 0.6 is 0 Å². The van der Waals surface area contributed by atoms with Crippen LogP contribution in [0.25, 0.3) is 15.6 Å². The van der Waals surface area contributed by atoms with E-state index in [0.717, 1.165) is 21.9 Å². The van der Waals surface area contributed by atoms with Gasteiger partial charge in [0.25, 0.3) is 5.91 Å². The van der Waals surface area contributed by atoms with Gasteiger partial charge < -0.3 is 4.90 Å². The van der Waals surface area contributed by atoms with Crippen molar-refractivity contribution in [1.29, 1.82) is 0 Å². The van der Waals surface area contributed by atoms with Crippen LogP contribution in [0, 0.1) is 18.2 Å². The molecule has 3 aliphatic rings. The number of amides is 3. The van der Waals surface area contributed by atoms with Crippen LogP contribution in [0.4, 0.5) is 25.8 Å². The number of piperazine rings is 1. The first-order chi connectivity index (χ1) is 21.8. The molecule has 0 bridgehead atoms. The van der Waals surface area contributed by atoms with Gasteiger partial charge in [-0.05, 0) is 58.8 Å². The molecule has 10 heteroatoms. The Kier molecular flexibility index (Phi) is 7.26. The van der Waals surface area contributed by atoms with Crippen molar-refractivity contribution in [2.24, 2.45) is 0 Å². The molecule has 7 rings (SSSR count). The van der Waals surface area contributed by atoms with E-state index in [4.69, 9.17) is 6.57 Å². The molecule has 0 radical (unpaired) electrons. The van der Waals surface area contributed by atoms with Gasteiger partial charge in [0.1, 0.15) is 17.7 Å². The minimum absolute atomic E-state index is 0.169. The van der Waals surface area contributed by atoms with E-state index >= 15 is 4.39 Å². The van der Waals surface area contributed by atoms with Gasteiger partial charge in [0.05, 0.1) is 17.9 Å². The van der Waals surface area contributed by atoms with E-state index in [9.17, 15) is 18.8 Å². The van der Waals surface area contributed by atoms with E-state index < -0.39 is 17.8 Å². The van der Waals surface area contributed by atoms with Crippen molar-refractivity contribution < 1.29 is 23.2 Å². The summed E-state index contributed by atoms with van der Waals surface area (Å²) in [6.07, 6.45) is 0.759. The summed E-state index contributed by atoms with van der Waals surface area (Å²) in [5.41, 5.74) is 4.15. The van der Waals surface area contributed by atoms with Crippen molar-refractivity contribution in [2.75, 3.05) is 36.0 Å². The zero-order valence-corrected chi connectivity index (χ0v) is 24.4. The average molecular weight is 606 g/mol. The lowest BCUT2D eigenvalue weighted by molar-refractivity contribution is -0.134. The van der Waals surface area contributed by atoms with E-state index in [-0.39, 0.29) is 36.2 Å². The molecule has 4 aromatic rings. The third kappa shape index (κ3) is 5.19. The highest BCUT2D eigenvalue weighted by atomic mass is 19.1. The van der Waals surface area contributed by atoms with Crippen LogP contribution in [0.1, 0.15) is 39.9 Å². The van der Waals surface area contributed by atoms with Crippen LogP contribution in [0.3, 0.4) is 0 Å². The van der Waals surface area contributed by atoms with Gasteiger partial charge in [-0.15, -0.1) is 0 Å². The molecule has 3 heterocycles. The van der Waals surface area contributed by atoms with Crippen molar-refractivity contribution in [2.45, 2.75) is 31.8 Å². The molecule has 3 aliphatic heterocycles. The molecule has 226 valence electrons. The SMILES string of the molecule is [C-]#[N+]c1ccc(N2CCN(Cc3ccc(Cc4ccc5c6c(cccc46)C(=O)N5C4CCC(=O)NC4=O)c(F)c3)CC2)c(F)c1. The van der Waals surface area contributed by atoms with Gasteiger partial charge in [-0.3, -0.25) is 29.5 Å². The molecular weight excluding hydrogens is 576 g/mol. The Balaban J connectivity index is 1.05. The summed E-state index contributed by atoms with van der Waals surface area (Å²) in [6.45, 7) is 10.3. The summed E-state index contributed by atoms with van der Waals surface area (Å²) in [5.74, 6) is -1.80. The van der Waals surface area contributed by atoms with Crippen LogP contribution in [-0.4, -0.2) is 54.8 Å². The number of benzene rings is 4. The number of nitrogens with one attached hydrogen (secondary N) is 1. The van der Waals surface area contributed by atoms with Crippen LogP contribution in [0.15, 0.2) is 66.7 Å². The first-order valence-electron chi connectivity index (χ1n) is 14.9. The summed E-state index contributed by atoms with van der Waals surface area (Å²) >= 11 is 0. The fourth-order valence-electron chi connectivity index (χ4n) is 6.72. The molecule has 45 heavy (non-hydrogen) atoms. The van der Waals surface area contributed by atoms with E-state index in [1.54, 1.807) is 36.4 Å². The second-order valence-corrected chi connectivity index (χ2v) is 11.7. The van der Waals surface area contributed by atoms with E-state index in [1.807, 2.05) is 29.2 Å². The number of imide groups is 1. The Morgan fingerprint density at radius 3 is 2.38 bits per heavy atom. The topological polar surface area (TPSA) is 77.3 Å². The molecule has 8 nitrogen and oxygen atoms in total. The van der Waals surface area contributed by atoms with Crippen molar-refractivity contribution in [3.05, 3.63) is 112 Å². The monoisotopic (exact) mass is 605 g/mol. The average Bonchev–Trinajstić information content (AvgIpc) is 3.32. The number of piperidine rings is 1. The fourth-order valence-corrected chi connectivity index (χ4v) is 6.72. The number of rotatable bonds is 6. The normalized spacial score (nSPS) is 18.4. The maximum Gasteiger partial charge on any atom is 0.259 e. The molecule has 0 spiro atoms. The van der Waals surface area contributed by atoms with Gasteiger partial charge in [0.15, 0.2) is 5.69 Å². The minimum Gasteiger partial charge on any atom is -0.367 e. The van der Waals surface area contributed by atoms with Gasteiger partial charge in [0, 0.05) is 56.5 Å². The third-order valence-corrected chi connectivity index (χ3v) is 9.02. The number of halogens is 2. The minimum atomic E-state index is -0.761. The lowest BCUT2D eigenvalue weighted by atomic mass is 9.95. The smallest absolute Gasteiger partial charge is 0.259 e. The van der Waals surface area contributed by atoms with Crippen LogP contribution < -0.4 is 15.1 Å². The summed E-state index contributed by atoms with van der Waals surface area (Å²) in [5, 5.41) is 3.91. The Morgan fingerprint density at radius 2 is 1.64 bits per heavy atom. The number of hydrogen-bond donors (Lipinski definition) is 1. The lowest BCUT2D eigenvalue weighted by Crippen LogP contribution is -2.53. The van der Waals surface area contributed by atoms with Crippen LogP contribution in [-0.2, 0) is 22.6 Å². The molecule has 2 saturated heterocycles. The predicted molar refractivity (Wildman–Crippen MR) is 166 cm³/mol. The maximum atomic E-state index is 15.5. The number of carbonyl (C=O) groups is 3. The highest BCUT2D eigenvalue weighted by Crippen LogP contribution is 2.41. The molecular formula is C35H29F2N5O3. The summed E-state index contributed by atoms with van der Waals surface area (Å²) in [4.78, 5) is 46.7. The van der Waals surface area contributed by atoms with Crippen molar-refractivity contribution in [1.82, 2.24) is 10.2 Å². The first kappa shape index (κ1) is 28.6. The molecule has 0 aromatic heterocycles. The maximum absolute atomic E-state index is 15.5. The standard InChI is InChI=1S/C35H29F2N5O3/c1-38-24-8-10-29(28(37)19-24)41-15-13-40(14-16-41)20-21-5-6-23(27(36)17-21)18-22-7-9-30-33-25(22)3-2-4-26(33)35(45)42(30)31-11-12-32(43)39-34(31)44/h2-10,17,19,31H,11-16,18,20H2,(H,39,43,44). The number of carbonyl (C=O) groups excluding carboxylic acids is 3. The summed E-state index contributed by atoms with van der Waals surface area (Å²) in [6, 6.07) is 18.2. The zero-order valence-electron chi connectivity index (χ0n) is 24.4. The predicted octanol–water partition coefficient (Wildman–Crippen LogP) is 5.35. The quantitative estimate of drug-likeness (QED) is 0.237. The number of hydrogen-bond acceptors (Lipinski definition) is 5. The molecule has 3 amide bonds. The van der Waals surface area contributed by atoms with Gasteiger partial charge in [0.2, 0.25) is 11.8 Å².